The van der Waals surface area contributed by atoms with Gasteiger partial charge in [-0.3, -0.25) is 0 Å². The highest BCUT2D eigenvalue weighted by Crippen LogP contribution is 2.29. The molecule has 2 N–H and O–H groups in total. The van der Waals surface area contributed by atoms with Crippen LogP contribution in [0.3, 0.4) is 0 Å². The molecule has 0 saturated carbocycles. The molecule has 0 aromatic carbocycles. The van der Waals surface area contributed by atoms with E-state index in [1.54, 1.807) is 0 Å². The lowest BCUT2D eigenvalue weighted by atomic mass is 9.89. The fourth-order valence-electron chi connectivity index (χ4n) is 2.02. The fraction of sp³-hybridized carbons (Fsp3) is 1.00. The lowest BCUT2D eigenvalue weighted by Gasteiger charge is -2.38. The average molecular weight is 141 g/mol. The molecule has 0 radical (unpaired) electrons. The second-order valence-corrected chi connectivity index (χ2v) is 3.47. The summed E-state index contributed by atoms with van der Waals surface area (Å²) in [5, 5.41) is 0. The molecule has 2 saturated heterocycles. The first-order valence-electron chi connectivity index (χ1n) is 4.27. The molecule has 2 fully saturated rings. The zero-order chi connectivity index (χ0) is 6.97. The summed E-state index contributed by atoms with van der Waals surface area (Å²) in [6, 6.07) is 0.330. The zero-order valence-corrected chi connectivity index (χ0v) is 6.25. The van der Waals surface area contributed by atoms with Crippen molar-refractivity contribution in [3.8, 4) is 0 Å². The van der Waals surface area contributed by atoms with Gasteiger partial charge >= 0.3 is 0 Å². The first-order valence-corrected chi connectivity index (χ1v) is 4.27. The minimum absolute atomic E-state index is 0.330. The van der Waals surface area contributed by atoms with Crippen molar-refractivity contribution in [3.05, 3.63) is 0 Å². The molecule has 2 rings (SSSR count). The Balaban J connectivity index is 2.00. The molecular formula is C8H15NO. The molecule has 2 aliphatic rings. The zero-order valence-electron chi connectivity index (χ0n) is 6.25. The molecule has 0 aromatic heterocycles. The van der Waals surface area contributed by atoms with Crippen LogP contribution in [0.1, 0.15) is 32.1 Å². The summed E-state index contributed by atoms with van der Waals surface area (Å²) in [6.45, 7) is 0. The summed E-state index contributed by atoms with van der Waals surface area (Å²) >= 11 is 0. The van der Waals surface area contributed by atoms with Crippen molar-refractivity contribution in [1.29, 1.82) is 0 Å². The molecule has 10 heavy (non-hydrogen) atoms. The maximum atomic E-state index is 5.86. The molecule has 0 aromatic rings. The van der Waals surface area contributed by atoms with Crippen LogP contribution in [0.5, 0.6) is 0 Å². The second-order valence-electron chi connectivity index (χ2n) is 3.47. The van der Waals surface area contributed by atoms with E-state index >= 15 is 0 Å². The highest BCUT2D eigenvalue weighted by atomic mass is 16.5. The van der Waals surface area contributed by atoms with Gasteiger partial charge in [0.05, 0.1) is 12.2 Å². The Labute approximate surface area is 61.7 Å². The maximum absolute atomic E-state index is 5.86. The van der Waals surface area contributed by atoms with Gasteiger partial charge in [-0.1, -0.05) is 0 Å². The Morgan fingerprint density at radius 2 is 2.00 bits per heavy atom. The first kappa shape index (κ1) is 6.62. The summed E-state index contributed by atoms with van der Waals surface area (Å²) in [5.74, 6) is 0. The third-order valence-electron chi connectivity index (χ3n) is 2.68. The van der Waals surface area contributed by atoms with E-state index in [0.29, 0.717) is 18.2 Å². The van der Waals surface area contributed by atoms with Gasteiger partial charge in [0.15, 0.2) is 0 Å². The van der Waals surface area contributed by atoms with E-state index in [-0.39, 0.29) is 0 Å². The van der Waals surface area contributed by atoms with Crippen molar-refractivity contribution >= 4 is 0 Å². The van der Waals surface area contributed by atoms with Crippen LogP contribution in [0.15, 0.2) is 0 Å². The number of rotatable bonds is 0. The van der Waals surface area contributed by atoms with Crippen LogP contribution in [-0.2, 0) is 4.74 Å². The topological polar surface area (TPSA) is 35.2 Å². The number of ether oxygens (including phenoxy) is 1. The quantitative estimate of drug-likeness (QED) is 0.547. The van der Waals surface area contributed by atoms with Crippen LogP contribution in [0.4, 0.5) is 0 Å². The van der Waals surface area contributed by atoms with Crippen molar-refractivity contribution in [2.75, 3.05) is 0 Å². The molecule has 0 aliphatic carbocycles. The van der Waals surface area contributed by atoms with Crippen LogP contribution < -0.4 is 5.73 Å². The van der Waals surface area contributed by atoms with Crippen LogP contribution in [-0.4, -0.2) is 18.2 Å². The summed E-state index contributed by atoms with van der Waals surface area (Å²) in [4.78, 5) is 0. The van der Waals surface area contributed by atoms with Gasteiger partial charge < -0.3 is 10.5 Å². The standard InChI is InChI=1S/C8H15NO/c9-7-5-4-6-2-1-3-8(7)10-6/h6-8H,1-5,9H2/t6-,7+,8+/m0/s1. The smallest absolute Gasteiger partial charge is 0.0729 e. The van der Waals surface area contributed by atoms with Crippen molar-refractivity contribution in [3.63, 3.8) is 0 Å². The van der Waals surface area contributed by atoms with Gasteiger partial charge in [-0.2, -0.15) is 0 Å². The van der Waals surface area contributed by atoms with Gasteiger partial charge in [0, 0.05) is 6.04 Å². The van der Waals surface area contributed by atoms with Crippen molar-refractivity contribution in [2.45, 2.75) is 50.4 Å². The first-order chi connectivity index (χ1) is 4.86. The average Bonchev–Trinajstić information content (AvgIpc) is 1.99. The Hall–Kier alpha value is -0.0800. The third kappa shape index (κ3) is 1.06. The SMILES string of the molecule is N[C@@H]1CC[C@@H]2CCC[C@H]1O2. The third-order valence-corrected chi connectivity index (χ3v) is 2.68. The van der Waals surface area contributed by atoms with Crippen molar-refractivity contribution < 1.29 is 4.74 Å². The molecule has 0 amide bonds. The van der Waals surface area contributed by atoms with E-state index in [9.17, 15) is 0 Å². The van der Waals surface area contributed by atoms with Crippen LogP contribution in [0.2, 0.25) is 0 Å². The van der Waals surface area contributed by atoms with Gasteiger partial charge in [0.2, 0.25) is 0 Å². The number of hydrogen-bond donors (Lipinski definition) is 1. The largest absolute Gasteiger partial charge is 0.373 e. The van der Waals surface area contributed by atoms with Gasteiger partial charge in [-0.05, 0) is 32.1 Å². The number of fused-ring (bicyclic) bond motifs is 2. The van der Waals surface area contributed by atoms with Crippen LogP contribution in [0.25, 0.3) is 0 Å². The Bertz CT molecular complexity index is 124. The van der Waals surface area contributed by atoms with E-state index in [4.69, 9.17) is 10.5 Å². The second kappa shape index (κ2) is 2.51. The highest BCUT2D eigenvalue weighted by molar-refractivity contribution is 4.85. The van der Waals surface area contributed by atoms with E-state index < -0.39 is 0 Å². The minimum Gasteiger partial charge on any atom is -0.373 e. The summed E-state index contributed by atoms with van der Waals surface area (Å²) in [7, 11) is 0. The fourth-order valence-corrected chi connectivity index (χ4v) is 2.02. The molecule has 3 atom stereocenters. The molecule has 58 valence electrons. The van der Waals surface area contributed by atoms with E-state index in [0.717, 1.165) is 0 Å². The van der Waals surface area contributed by atoms with E-state index in [1.807, 2.05) is 0 Å². The molecule has 2 heterocycles. The van der Waals surface area contributed by atoms with Crippen molar-refractivity contribution in [2.24, 2.45) is 5.73 Å². The van der Waals surface area contributed by atoms with Crippen LogP contribution in [0, 0.1) is 0 Å². The molecule has 2 nitrogen and oxygen atoms in total. The summed E-state index contributed by atoms with van der Waals surface area (Å²) < 4.78 is 5.71. The molecule has 0 unspecified atom stereocenters. The number of nitrogens with two attached hydrogens (primary N) is 1. The van der Waals surface area contributed by atoms with E-state index in [1.165, 1.54) is 32.1 Å². The van der Waals surface area contributed by atoms with Crippen LogP contribution >= 0.6 is 0 Å². The minimum atomic E-state index is 0.330. The molecule has 2 bridgehead atoms. The summed E-state index contributed by atoms with van der Waals surface area (Å²) in [5.41, 5.74) is 5.86. The summed E-state index contributed by atoms with van der Waals surface area (Å²) in [6.07, 6.45) is 7.10. The highest BCUT2D eigenvalue weighted by Gasteiger charge is 2.31. The monoisotopic (exact) mass is 141 g/mol. The Kier molecular flexibility index (Phi) is 1.66. The molecule has 2 heteroatoms. The van der Waals surface area contributed by atoms with Gasteiger partial charge in [-0.15, -0.1) is 0 Å². The Morgan fingerprint density at radius 1 is 1.10 bits per heavy atom. The molecule has 0 spiro atoms. The molecular weight excluding hydrogens is 126 g/mol. The predicted molar refractivity (Wildman–Crippen MR) is 39.7 cm³/mol. The van der Waals surface area contributed by atoms with E-state index in [2.05, 4.69) is 0 Å². The predicted octanol–water partition coefficient (Wildman–Crippen LogP) is 1.05. The maximum Gasteiger partial charge on any atom is 0.0729 e. The van der Waals surface area contributed by atoms with Gasteiger partial charge in [0.1, 0.15) is 0 Å². The van der Waals surface area contributed by atoms with Gasteiger partial charge in [-0.25, -0.2) is 0 Å². The van der Waals surface area contributed by atoms with Crippen molar-refractivity contribution in [1.82, 2.24) is 0 Å². The Morgan fingerprint density at radius 3 is 2.80 bits per heavy atom. The molecule has 2 aliphatic heterocycles. The lowest BCUT2D eigenvalue weighted by molar-refractivity contribution is -0.0925. The number of hydrogen-bond acceptors (Lipinski definition) is 2. The normalized spacial score (nSPS) is 47.1. The van der Waals surface area contributed by atoms with Gasteiger partial charge in [0.25, 0.3) is 0 Å². The lowest BCUT2D eigenvalue weighted by Crippen LogP contribution is -2.46.